The molecule has 1 heteroatoms. The molecule has 0 amide bonds. The van der Waals surface area contributed by atoms with Gasteiger partial charge in [0.05, 0.1) is 6.10 Å². The van der Waals surface area contributed by atoms with Gasteiger partial charge in [0.1, 0.15) is 0 Å². The highest BCUT2D eigenvalue weighted by atomic mass is 16.3. The van der Waals surface area contributed by atoms with E-state index in [1.165, 1.54) is 44.6 Å². The Kier molecular flexibility index (Phi) is 13.1. The summed E-state index contributed by atoms with van der Waals surface area (Å²) in [5.41, 5.74) is 10.5. The van der Waals surface area contributed by atoms with Crippen LogP contribution in [-0.4, -0.2) is 11.2 Å². The highest BCUT2D eigenvalue weighted by Crippen LogP contribution is 2.41. The average molecular weight is 551 g/mol. The van der Waals surface area contributed by atoms with Gasteiger partial charge < -0.3 is 5.11 Å². The van der Waals surface area contributed by atoms with Crippen LogP contribution in [0.5, 0.6) is 0 Å². The highest BCUT2D eigenvalue weighted by molar-refractivity contribution is 5.42. The molecule has 1 unspecified atom stereocenters. The van der Waals surface area contributed by atoms with E-state index in [9.17, 15) is 5.11 Å². The normalized spacial score (nSPS) is 23.1. The Hall–Kier alpha value is -3.16. The first-order valence-electron chi connectivity index (χ1n) is 15.1. The Balaban J connectivity index is 1.90. The van der Waals surface area contributed by atoms with Gasteiger partial charge in [-0.2, -0.15) is 0 Å². The Bertz CT molecular complexity index is 1300. The Morgan fingerprint density at radius 1 is 0.683 bits per heavy atom. The number of hydrogen-bond acceptors (Lipinski definition) is 1. The predicted octanol–water partition coefficient (Wildman–Crippen LogP) is 11.4. The minimum Gasteiger partial charge on any atom is -0.393 e. The van der Waals surface area contributed by atoms with Gasteiger partial charge >= 0.3 is 0 Å². The van der Waals surface area contributed by atoms with Gasteiger partial charge in [0.25, 0.3) is 0 Å². The van der Waals surface area contributed by atoms with E-state index >= 15 is 0 Å². The molecule has 41 heavy (non-hydrogen) atoms. The molecule has 2 aliphatic carbocycles. The zero-order valence-corrected chi connectivity index (χ0v) is 27.4. The van der Waals surface area contributed by atoms with Crippen LogP contribution in [0.25, 0.3) is 0 Å². The molecule has 0 aromatic heterocycles. The van der Waals surface area contributed by atoms with Crippen LogP contribution in [0.3, 0.4) is 0 Å². The molecule has 0 spiro atoms. The third-order valence-corrected chi connectivity index (χ3v) is 7.92. The van der Waals surface area contributed by atoms with Crippen molar-refractivity contribution in [2.45, 2.75) is 94.6 Å². The van der Waals surface area contributed by atoms with Gasteiger partial charge in [-0.15, -0.1) is 0 Å². The third kappa shape index (κ3) is 11.7. The second-order valence-corrected chi connectivity index (χ2v) is 13.1. The Morgan fingerprint density at radius 2 is 1.15 bits per heavy atom. The van der Waals surface area contributed by atoms with Gasteiger partial charge in [-0.05, 0) is 88.4 Å². The molecule has 2 rings (SSSR count). The van der Waals surface area contributed by atoms with Crippen molar-refractivity contribution in [3.8, 4) is 0 Å². The summed E-state index contributed by atoms with van der Waals surface area (Å²) in [6.07, 6.45) is 37.1. The fourth-order valence-electron chi connectivity index (χ4n) is 5.57. The van der Waals surface area contributed by atoms with Crippen LogP contribution in [0.15, 0.2) is 142 Å². The summed E-state index contributed by atoms with van der Waals surface area (Å²) in [5, 5.41) is 10.1. The lowest BCUT2D eigenvalue weighted by Crippen LogP contribution is -2.28. The van der Waals surface area contributed by atoms with Gasteiger partial charge in [-0.3, -0.25) is 0 Å². The lowest BCUT2D eigenvalue weighted by atomic mass is 9.71. The van der Waals surface area contributed by atoms with Crippen molar-refractivity contribution in [2.24, 2.45) is 10.8 Å². The molecule has 1 atom stereocenters. The summed E-state index contributed by atoms with van der Waals surface area (Å²) in [4.78, 5) is 0. The topological polar surface area (TPSA) is 20.2 Å². The van der Waals surface area contributed by atoms with Crippen molar-refractivity contribution in [3.05, 3.63) is 142 Å². The smallest absolute Gasteiger partial charge is 0.0585 e. The van der Waals surface area contributed by atoms with Crippen LogP contribution in [0, 0.1) is 10.8 Å². The number of hydrogen-bond donors (Lipinski definition) is 1. The molecule has 1 nitrogen and oxygen atoms in total. The monoisotopic (exact) mass is 550 g/mol. The molecule has 0 aromatic carbocycles. The molecule has 0 bridgehead atoms. The van der Waals surface area contributed by atoms with Crippen molar-refractivity contribution in [3.63, 3.8) is 0 Å². The van der Waals surface area contributed by atoms with Gasteiger partial charge in [-0.1, -0.05) is 153 Å². The lowest BCUT2D eigenvalue weighted by Gasteiger charge is -2.35. The van der Waals surface area contributed by atoms with Gasteiger partial charge in [-0.25, -0.2) is 0 Å². The summed E-state index contributed by atoms with van der Waals surface area (Å²) in [6, 6.07) is 0. The maximum absolute atomic E-state index is 10.1. The van der Waals surface area contributed by atoms with E-state index in [1.807, 2.05) is 0 Å². The zero-order chi connectivity index (χ0) is 30.6. The Labute approximate surface area is 251 Å². The third-order valence-electron chi connectivity index (χ3n) is 7.92. The molecular weight excluding hydrogens is 496 g/mol. The number of aliphatic hydroxyl groups excluding tert-OH is 1. The Morgan fingerprint density at radius 3 is 1.63 bits per heavy atom. The standard InChI is InChI=1S/C40H54O/c1-30(18-13-20-32(3)23-25-37-34(5)22-15-27-39(37,7)8)16-11-12-17-31(2)19-14-21-33(4)24-26-38-35(6)28-36(41)29-40(38,9)10/h11-26,36,41H,27-29H2,1-10H3/b12-11+,18-13+,19-14?,25-23+,26-24?,30-16+,31-17?,32-20+,33-21?. The molecule has 0 heterocycles. The molecule has 0 aliphatic heterocycles. The van der Waals surface area contributed by atoms with Crippen LogP contribution in [0.1, 0.15) is 88.5 Å². The fraction of sp³-hybridized carbons (Fsp3) is 0.400. The van der Waals surface area contributed by atoms with E-state index in [-0.39, 0.29) is 16.9 Å². The van der Waals surface area contributed by atoms with Crippen molar-refractivity contribution in [2.75, 3.05) is 0 Å². The quantitative estimate of drug-likeness (QED) is 0.268. The molecule has 0 radical (unpaired) electrons. The van der Waals surface area contributed by atoms with Crippen LogP contribution in [0.2, 0.25) is 0 Å². The molecule has 0 saturated carbocycles. The second-order valence-electron chi connectivity index (χ2n) is 13.1. The molecule has 220 valence electrons. The van der Waals surface area contributed by atoms with Crippen molar-refractivity contribution < 1.29 is 5.11 Å². The lowest BCUT2D eigenvalue weighted by molar-refractivity contribution is 0.116. The largest absolute Gasteiger partial charge is 0.393 e. The highest BCUT2D eigenvalue weighted by Gasteiger charge is 2.31. The molecule has 0 saturated heterocycles. The van der Waals surface area contributed by atoms with Crippen LogP contribution >= 0.6 is 0 Å². The van der Waals surface area contributed by atoms with Gasteiger partial charge in [0.2, 0.25) is 0 Å². The van der Waals surface area contributed by atoms with E-state index in [2.05, 4.69) is 166 Å². The summed E-state index contributed by atoms with van der Waals surface area (Å²) >= 11 is 0. The predicted molar refractivity (Wildman–Crippen MR) is 183 cm³/mol. The van der Waals surface area contributed by atoms with Crippen LogP contribution in [0.4, 0.5) is 0 Å². The van der Waals surface area contributed by atoms with Gasteiger partial charge in [0.15, 0.2) is 0 Å². The van der Waals surface area contributed by atoms with E-state index < -0.39 is 0 Å². The maximum atomic E-state index is 10.1. The zero-order valence-electron chi connectivity index (χ0n) is 27.4. The molecule has 0 fully saturated rings. The fourth-order valence-corrected chi connectivity index (χ4v) is 5.57. The van der Waals surface area contributed by atoms with Crippen molar-refractivity contribution in [1.82, 2.24) is 0 Å². The minimum absolute atomic E-state index is 0.0110. The number of rotatable bonds is 10. The first-order valence-corrected chi connectivity index (χ1v) is 15.1. The van der Waals surface area contributed by atoms with E-state index in [1.54, 1.807) is 0 Å². The van der Waals surface area contributed by atoms with E-state index in [0.29, 0.717) is 0 Å². The number of allylic oxidation sites excluding steroid dienone is 23. The molecule has 0 aromatic rings. The van der Waals surface area contributed by atoms with Gasteiger partial charge in [0, 0.05) is 0 Å². The molecule has 2 aliphatic rings. The number of aliphatic hydroxyl groups is 1. The summed E-state index contributed by atoms with van der Waals surface area (Å²) < 4.78 is 0. The van der Waals surface area contributed by atoms with E-state index in [0.717, 1.165) is 19.3 Å². The average Bonchev–Trinajstić information content (AvgIpc) is 2.84. The SMILES string of the molecule is CC(C=CC1=C(C)CC(O)CC1(C)C)=CC=CC(C)=C/C=C/C=C(C)/C=C/C=C(C)/C=C/C1=C(C)C=CCC1(C)C. The minimum atomic E-state index is -0.222. The summed E-state index contributed by atoms with van der Waals surface area (Å²) in [6.45, 7) is 21.9. The molecular formula is C40H54O. The maximum Gasteiger partial charge on any atom is 0.0585 e. The summed E-state index contributed by atoms with van der Waals surface area (Å²) in [5.74, 6) is 0. The van der Waals surface area contributed by atoms with E-state index in [4.69, 9.17) is 0 Å². The van der Waals surface area contributed by atoms with Crippen molar-refractivity contribution in [1.29, 1.82) is 0 Å². The second kappa shape index (κ2) is 15.7. The first kappa shape index (κ1) is 34.0. The van der Waals surface area contributed by atoms with Crippen LogP contribution < -0.4 is 0 Å². The first-order chi connectivity index (χ1) is 19.2. The van der Waals surface area contributed by atoms with Crippen molar-refractivity contribution >= 4 is 0 Å². The van der Waals surface area contributed by atoms with Crippen LogP contribution in [-0.2, 0) is 0 Å². The molecule has 1 N–H and O–H groups in total. The summed E-state index contributed by atoms with van der Waals surface area (Å²) in [7, 11) is 0.